The molecule has 7 heteroatoms. The summed E-state index contributed by atoms with van der Waals surface area (Å²) in [5.74, 6) is 0. The highest BCUT2D eigenvalue weighted by Crippen LogP contribution is 2.38. The number of carbonyl (C=O) groups is 1. The normalized spacial score (nSPS) is 23.6. The van der Waals surface area contributed by atoms with Crippen molar-refractivity contribution in [2.45, 2.75) is 11.9 Å². The molecular weight excluding hydrogens is 249 g/mol. The van der Waals surface area contributed by atoms with E-state index >= 15 is 0 Å². The smallest absolute Gasteiger partial charge is 0.359 e. The Morgan fingerprint density at radius 2 is 1.89 bits per heavy atom. The maximum absolute atomic E-state index is 12.7. The van der Waals surface area contributed by atoms with E-state index in [1.54, 1.807) is 30.3 Å². The first-order chi connectivity index (χ1) is 8.38. The molecule has 0 aliphatic carbocycles. The van der Waals surface area contributed by atoms with Gasteiger partial charge in [-0.3, -0.25) is 10.2 Å². The minimum absolute atomic E-state index is 0.0162. The molecule has 18 heavy (non-hydrogen) atoms. The molecule has 0 saturated heterocycles. The molecule has 0 radical (unpaired) electrons. The van der Waals surface area contributed by atoms with E-state index in [2.05, 4.69) is 5.43 Å². The van der Waals surface area contributed by atoms with Gasteiger partial charge in [0.15, 0.2) is 0 Å². The van der Waals surface area contributed by atoms with Crippen LogP contribution < -0.4 is 5.43 Å². The Bertz CT molecular complexity index is 487. The van der Waals surface area contributed by atoms with E-state index in [0.717, 1.165) is 0 Å². The van der Waals surface area contributed by atoms with Crippen molar-refractivity contribution in [1.29, 1.82) is 0 Å². The summed E-state index contributed by atoms with van der Waals surface area (Å²) < 4.78 is 38.2. The molecule has 1 amide bonds. The Kier molecular flexibility index (Phi) is 2.78. The number of benzene rings is 1. The third-order valence-electron chi connectivity index (χ3n) is 2.56. The largest absolute Gasteiger partial charge is 0.442 e. The molecule has 1 aliphatic rings. The van der Waals surface area contributed by atoms with Crippen molar-refractivity contribution >= 4 is 12.1 Å². The standard InChI is InChI=1S/C11H9F3N2O2/c12-11(13,14)10(18)6-9(15-16(10)7-17)8-4-2-1-3-5-8/h1-7,15,18H. The lowest BCUT2D eigenvalue weighted by molar-refractivity contribution is -0.285. The van der Waals surface area contributed by atoms with Crippen LogP contribution in [0.25, 0.3) is 5.70 Å². The van der Waals surface area contributed by atoms with E-state index in [1.165, 1.54) is 0 Å². The summed E-state index contributed by atoms with van der Waals surface area (Å²) in [5, 5.41) is 9.63. The maximum atomic E-state index is 12.7. The van der Waals surface area contributed by atoms with Gasteiger partial charge in [-0.15, -0.1) is 0 Å². The Morgan fingerprint density at radius 1 is 1.28 bits per heavy atom. The van der Waals surface area contributed by atoms with E-state index in [0.29, 0.717) is 11.6 Å². The van der Waals surface area contributed by atoms with Gasteiger partial charge >= 0.3 is 6.18 Å². The second-order valence-corrected chi connectivity index (χ2v) is 3.74. The molecule has 0 fully saturated rings. The van der Waals surface area contributed by atoms with Gasteiger partial charge in [0.05, 0.1) is 5.70 Å². The molecule has 4 nitrogen and oxygen atoms in total. The van der Waals surface area contributed by atoms with Crippen LogP contribution in [0.2, 0.25) is 0 Å². The number of alkyl halides is 3. The average molecular weight is 258 g/mol. The topological polar surface area (TPSA) is 52.6 Å². The quantitative estimate of drug-likeness (QED) is 0.785. The van der Waals surface area contributed by atoms with E-state index in [-0.39, 0.29) is 17.1 Å². The third-order valence-corrected chi connectivity index (χ3v) is 2.56. The van der Waals surface area contributed by atoms with Crippen LogP contribution >= 0.6 is 0 Å². The highest BCUT2D eigenvalue weighted by atomic mass is 19.4. The maximum Gasteiger partial charge on any atom is 0.442 e. The zero-order valence-electron chi connectivity index (χ0n) is 8.98. The second kappa shape index (κ2) is 4.02. The number of hydrogen-bond acceptors (Lipinski definition) is 3. The van der Waals surface area contributed by atoms with Crippen molar-refractivity contribution in [3.05, 3.63) is 42.0 Å². The monoisotopic (exact) mass is 258 g/mol. The van der Waals surface area contributed by atoms with Crippen molar-refractivity contribution in [2.75, 3.05) is 0 Å². The lowest BCUT2D eigenvalue weighted by Gasteiger charge is -2.30. The molecule has 1 aliphatic heterocycles. The molecule has 0 bridgehead atoms. The van der Waals surface area contributed by atoms with Gasteiger partial charge < -0.3 is 5.11 Å². The van der Waals surface area contributed by atoms with Crippen LogP contribution in [-0.2, 0) is 4.79 Å². The van der Waals surface area contributed by atoms with Crippen LogP contribution in [0, 0.1) is 0 Å². The van der Waals surface area contributed by atoms with Gasteiger partial charge in [-0.2, -0.15) is 13.2 Å². The van der Waals surface area contributed by atoms with Gasteiger partial charge in [0.25, 0.3) is 5.72 Å². The highest BCUT2D eigenvalue weighted by molar-refractivity contribution is 5.70. The molecule has 0 spiro atoms. The Hall–Kier alpha value is -2.02. The van der Waals surface area contributed by atoms with Crippen molar-refractivity contribution < 1.29 is 23.1 Å². The Balaban J connectivity index is 2.43. The Morgan fingerprint density at radius 3 is 2.33 bits per heavy atom. The molecule has 0 saturated carbocycles. The lowest BCUT2D eigenvalue weighted by atomic mass is 10.1. The zero-order valence-corrected chi connectivity index (χ0v) is 8.98. The predicted molar refractivity (Wildman–Crippen MR) is 56.5 cm³/mol. The van der Waals surface area contributed by atoms with Crippen LogP contribution in [0.15, 0.2) is 36.4 Å². The van der Waals surface area contributed by atoms with Gasteiger partial charge in [-0.1, -0.05) is 30.3 Å². The minimum atomic E-state index is -4.99. The predicted octanol–water partition coefficient (Wildman–Crippen LogP) is 1.25. The average Bonchev–Trinajstić information content (AvgIpc) is 2.68. The van der Waals surface area contributed by atoms with Gasteiger partial charge in [0, 0.05) is 6.08 Å². The number of hydrogen-bond donors (Lipinski definition) is 2. The van der Waals surface area contributed by atoms with Crippen molar-refractivity contribution in [3.63, 3.8) is 0 Å². The summed E-state index contributed by atoms with van der Waals surface area (Å²) in [6.45, 7) is 0. The minimum Gasteiger partial charge on any atom is -0.359 e. The van der Waals surface area contributed by atoms with E-state index in [1.807, 2.05) is 0 Å². The molecule has 96 valence electrons. The summed E-state index contributed by atoms with van der Waals surface area (Å²) in [4.78, 5) is 10.6. The number of aliphatic hydroxyl groups is 1. The van der Waals surface area contributed by atoms with Crippen LogP contribution in [-0.4, -0.2) is 28.4 Å². The van der Waals surface area contributed by atoms with E-state index in [4.69, 9.17) is 0 Å². The molecule has 1 aromatic carbocycles. The van der Waals surface area contributed by atoms with Crippen molar-refractivity contribution in [1.82, 2.24) is 10.4 Å². The Labute approximate surface area is 100 Å². The first-order valence-electron chi connectivity index (χ1n) is 4.97. The van der Waals surface area contributed by atoms with Crippen LogP contribution in [0.3, 0.4) is 0 Å². The first kappa shape index (κ1) is 12.4. The molecule has 1 atom stereocenters. The highest BCUT2D eigenvalue weighted by Gasteiger charge is 2.60. The molecule has 2 N–H and O–H groups in total. The van der Waals surface area contributed by atoms with Crippen LogP contribution in [0.1, 0.15) is 5.56 Å². The van der Waals surface area contributed by atoms with Crippen molar-refractivity contribution in [3.8, 4) is 0 Å². The number of carbonyl (C=O) groups excluding carboxylic acids is 1. The fraction of sp³-hybridized carbons (Fsp3) is 0.182. The summed E-state index contributed by atoms with van der Waals surface area (Å²) >= 11 is 0. The van der Waals surface area contributed by atoms with Crippen molar-refractivity contribution in [2.24, 2.45) is 0 Å². The van der Waals surface area contributed by atoms with Gasteiger partial charge in [0.1, 0.15) is 0 Å². The number of rotatable bonds is 2. The number of hydrazine groups is 1. The van der Waals surface area contributed by atoms with Crippen LogP contribution in [0.5, 0.6) is 0 Å². The SMILES string of the molecule is O=CN1NC(c2ccccc2)=CC1(O)C(F)(F)F. The van der Waals surface area contributed by atoms with Gasteiger partial charge in [-0.05, 0) is 5.56 Å². The number of amides is 1. The lowest BCUT2D eigenvalue weighted by Crippen LogP contribution is -2.57. The summed E-state index contributed by atoms with van der Waals surface area (Å²) in [6, 6.07) is 8.09. The van der Waals surface area contributed by atoms with E-state index in [9.17, 15) is 23.1 Å². The van der Waals surface area contributed by atoms with Gasteiger partial charge in [0.2, 0.25) is 6.41 Å². The third kappa shape index (κ3) is 1.82. The molecule has 1 heterocycles. The first-order valence-corrected chi connectivity index (χ1v) is 4.97. The fourth-order valence-electron chi connectivity index (χ4n) is 1.61. The van der Waals surface area contributed by atoms with Crippen LogP contribution in [0.4, 0.5) is 13.2 Å². The van der Waals surface area contributed by atoms with E-state index < -0.39 is 11.9 Å². The zero-order chi connectivity index (χ0) is 13.4. The summed E-state index contributed by atoms with van der Waals surface area (Å²) in [5.41, 5.74) is -0.672. The fourth-order valence-corrected chi connectivity index (χ4v) is 1.61. The number of nitrogens with one attached hydrogen (secondary N) is 1. The molecule has 1 aromatic rings. The number of nitrogens with zero attached hydrogens (tertiary/aromatic N) is 1. The van der Waals surface area contributed by atoms with Gasteiger partial charge in [-0.25, -0.2) is 5.01 Å². The molecule has 0 aromatic heterocycles. The molecular formula is C11H9F3N2O2. The number of halogens is 3. The summed E-state index contributed by atoms with van der Waals surface area (Å²) in [7, 11) is 0. The summed E-state index contributed by atoms with van der Waals surface area (Å²) in [6.07, 6.45) is -4.53. The molecule has 1 unspecified atom stereocenters. The molecule has 2 rings (SSSR count). The second-order valence-electron chi connectivity index (χ2n) is 3.74.